The van der Waals surface area contributed by atoms with Gasteiger partial charge in [0.15, 0.2) is 6.29 Å². The molecule has 202 valence electrons. The Morgan fingerprint density at radius 3 is 1.74 bits per heavy atom. The van der Waals surface area contributed by atoms with Crippen molar-refractivity contribution in [2.24, 2.45) is 0 Å². The molecule has 4 atom stereocenters. The summed E-state index contributed by atoms with van der Waals surface area (Å²) in [5.41, 5.74) is 3.04. The zero-order chi connectivity index (χ0) is 26.0. The molecular formula is C29H33O8P. The Morgan fingerprint density at radius 2 is 1.18 bits per heavy atom. The highest BCUT2D eigenvalue weighted by atomic mass is 31.2. The fraction of sp³-hybridized carbons (Fsp3) is 0.379. The van der Waals surface area contributed by atoms with Gasteiger partial charge in [0.25, 0.3) is 0 Å². The highest BCUT2D eigenvalue weighted by Crippen LogP contribution is 2.54. The first-order valence-electron chi connectivity index (χ1n) is 12.8. The van der Waals surface area contributed by atoms with Crippen LogP contribution in [0.3, 0.4) is 0 Å². The van der Waals surface area contributed by atoms with E-state index in [0.29, 0.717) is 26.2 Å². The predicted octanol–water partition coefficient (Wildman–Crippen LogP) is 5.66. The third-order valence-corrected chi connectivity index (χ3v) is 7.72. The highest BCUT2D eigenvalue weighted by molar-refractivity contribution is 7.48. The second-order valence-electron chi connectivity index (χ2n) is 9.14. The van der Waals surface area contributed by atoms with Crippen LogP contribution >= 0.6 is 7.82 Å². The number of benzene rings is 3. The van der Waals surface area contributed by atoms with E-state index in [0.717, 1.165) is 16.7 Å². The zero-order valence-corrected chi connectivity index (χ0v) is 22.0. The SMILES string of the molecule is O=P1(O[C@@H]2O[C@H](COCc3ccccc3)[C@@H](OCc3ccccc3)[C@H]2OCc2ccccc2)OCCCO1. The van der Waals surface area contributed by atoms with E-state index < -0.39 is 32.4 Å². The maximum atomic E-state index is 13.1. The van der Waals surface area contributed by atoms with Crippen LogP contribution in [0.2, 0.25) is 0 Å². The van der Waals surface area contributed by atoms with Gasteiger partial charge in [0.05, 0.1) is 39.6 Å². The minimum atomic E-state index is -3.80. The summed E-state index contributed by atoms with van der Waals surface area (Å²) >= 11 is 0. The van der Waals surface area contributed by atoms with Gasteiger partial charge in [-0.2, -0.15) is 0 Å². The fourth-order valence-corrected chi connectivity index (χ4v) is 5.65. The molecule has 0 N–H and O–H groups in total. The van der Waals surface area contributed by atoms with E-state index in [1.807, 2.05) is 91.0 Å². The van der Waals surface area contributed by atoms with Crippen molar-refractivity contribution in [3.05, 3.63) is 108 Å². The molecule has 2 fully saturated rings. The van der Waals surface area contributed by atoms with Crippen molar-refractivity contribution < 1.29 is 37.1 Å². The molecule has 38 heavy (non-hydrogen) atoms. The molecule has 0 bridgehead atoms. The lowest BCUT2D eigenvalue weighted by molar-refractivity contribution is -0.152. The minimum Gasteiger partial charge on any atom is -0.374 e. The van der Waals surface area contributed by atoms with Crippen molar-refractivity contribution in [2.75, 3.05) is 19.8 Å². The monoisotopic (exact) mass is 540 g/mol. The molecule has 2 heterocycles. The van der Waals surface area contributed by atoms with Crippen molar-refractivity contribution in [2.45, 2.75) is 50.8 Å². The Balaban J connectivity index is 1.33. The molecule has 0 spiro atoms. The summed E-state index contributed by atoms with van der Waals surface area (Å²) in [6, 6.07) is 29.6. The molecule has 2 aliphatic rings. The number of hydrogen-bond donors (Lipinski definition) is 0. The molecule has 0 aliphatic carbocycles. The standard InChI is InChI=1S/C29H33O8P/c30-38(34-17-10-18-35-38)37-29-28(33-21-25-15-8-3-9-16-25)27(32-20-24-13-6-2-7-14-24)26(36-29)22-31-19-23-11-4-1-5-12-23/h1-9,11-16,26-29H,10,17-22H2/t26-,27-,28-,29+/m1/s1. The maximum Gasteiger partial charge on any atom is 0.477 e. The van der Waals surface area contributed by atoms with Gasteiger partial charge in [0.2, 0.25) is 0 Å². The van der Waals surface area contributed by atoms with E-state index in [9.17, 15) is 4.57 Å². The van der Waals surface area contributed by atoms with Gasteiger partial charge in [-0.15, -0.1) is 0 Å². The Hall–Kier alpha value is -2.39. The van der Waals surface area contributed by atoms with E-state index in [4.69, 9.17) is 32.5 Å². The van der Waals surface area contributed by atoms with Crippen LogP contribution in [0.1, 0.15) is 23.1 Å². The molecule has 0 unspecified atom stereocenters. The molecule has 0 amide bonds. The molecule has 0 radical (unpaired) electrons. The van der Waals surface area contributed by atoms with Crippen molar-refractivity contribution in [3.63, 3.8) is 0 Å². The molecule has 3 aromatic rings. The average molecular weight is 541 g/mol. The van der Waals surface area contributed by atoms with Crippen LogP contribution in [0.5, 0.6) is 0 Å². The number of ether oxygens (including phenoxy) is 4. The van der Waals surface area contributed by atoms with Gasteiger partial charge in [0, 0.05) is 0 Å². The van der Waals surface area contributed by atoms with Crippen LogP contribution in [0.4, 0.5) is 0 Å². The van der Waals surface area contributed by atoms with Gasteiger partial charge in [-0.1, -0.05) is 91.0 Å². The van der Waals surface area contributed by atoms with Gasteiger partial charge in [0.1, 0.15) is 18.3 Å². The van der Waals surface area contributed by atoms with Gasteiger partial charge in [-0.05, 0) is 23.1 Å². The predicted molar refractivity (Wildman–Crippen MR) is 140 cm³/mol. The summed E-state index contributed by atoms with van der Waals surface area (Å²) in [6.07, 6.45) is -2.19. The first kappa shape index (κ1) is 27.2. The van der Waals surface area contributed by atoms with E-state index in [1.165, 1.54) is 0 Å². The molecule has 3 aromatic carbocycles. The molecule has 5 rings (SSSR count). The minimum absolute atomic E-state index is 0.228. The molecule has 8 nitrogen and oxygen atoms in total. The van der Waals surface area contributed by atoms with Crippen molar-refractivity contribution >= 4 is 7.82 Å². The summed E-state index contributed by atoms with van der Waals surface area (Å²) in [5.74, 6) is 0. The Kier molecular flexibility index (Phi) is 9.73. The molecule has 9 heteroatoms. The quantitative estimate of drug-likeness (QED) is 0.272. The summed E-state index contributed by atoms with van der Waals surface area (Å²) in [4.78, 5) is 0. The van der Waals surface area contributed by atoms with Crippen molar-refractivity contribution in [1.82, 2.24) is 0 Å². The summed E-state index contributed by atoms with van der Waals surface area (Å²) in [6.45, 7) is 1.85. The van der Waals surface area contributed by atoms with E-state index >= 15 is 0 Å². The molecule has 2 aliphatic heterocycles. The topological polar surface area (TPSA) is 81.7 Å². The molecular weight excluding hydrogens is 507 g/mol. The smallest absolute Gasteiger partial charge is 0.374 e. The average Bonchev–Trinajstić information content (AvgIpc) is 3.27. The van der Waals surface area contributed by atoms with Crippen LogP contribution < -0.4 is 0 Å². The first-order valence-corrected chi connectivity index (χ1v) is 14.3. The van der Waals surface area contributed by atoms with Crippen LogP contribution in [-0.4, -0.2) is 44.4 Å². The van der Waals surface area contributed by atoms with Gasteiger partial charge in [-0.3, -0.25) is 13.6 Å². The van der Waals surface area contributed by atoms with Crippen molar-refractivity contribution in [1.29, 1.82) is 0 Å². The lowest BCUT2D eigenvalue weighted by Crippen LogP contribution is -2.39. The van der Waals surface area contributed by atoms with Crippen LogP contribution in [0.15, 0.2) is 91.0 Å². The van der Waals surface area contributed by atoms with Gasteiger partial charge < -0.3 is 18.9 Å². The van der Waals surface area contributed by atoms with E-state index in [1.54, 1.807) is 0 Å². The van der Waals surface area contributed by atoms with E-state index in [2.05, 4.69) is 0 Å². The normalized spacial score (nSPS) is 24.8. The molecule has 2 saturated heterocycles. The zero-order valence-electron chi connectivity index (χ0n) is 21.1. The third kappa shape index (κ3) is 7.59. The highest BCUT2D eigenvalue weighted by Gasteiger charge is 2.51. The lowest BCUT2D eigenvalue weighted by Gasteiger charge is -2.28. The fourth-order valence-electron chi connectivity index (χ4n) is 4.33. The second-order valence-corrected chi connectivity index (χ2v) is 10.8. The van der Waals surface area contributed by atoms with Crippen LogP contribution in [0.25, 0.3) is 0 Å². The Labute approximate surface area is 223 Å². The maximum absolute atomic E-state index is 13.1. The van der Waals surface area contributed by atoms with Crippen molar-refractivity contribution in [3.8, 4) is 0 Å². The second kappa shape index (κ2) is 13.6. The Morgan fingerprint density at radius 1 is 0.684 bits per heavy atom. The summed E-state index contributed by atoms with van der Waals surface area (Å²) in [5, 5.41) is 0. The van der Waals surface area contributed by atoms with Crippen LogP contribution in [0, 0.1) is 0 Å². The largest absolute Gasteiger partial charge is 0.477 e. The summed E-state index contributed by atoms with van der Waals surface area (Å²) in [7, 11) is -3.80. The van der Waals surface area contributed by atoms with E-state index in [-0.39, 0.29) is 19.8 Å². The van der Waals surface area contributed by atoms with Crippen LogP contribution in [-0.2, 0) is 56.9 Å². The Bertz CT molecular complexity index is 1140. The number of rotatable bonds is 12. The molecule has 0 aromatic heterocycles. The first-order chi connectivity index (χ1) is 18.7. The summed E-state index contributed by atoms with van der Waals surface area (Å²) < 4.78 is 54.7. The van der Waals surface area contributed by atoms with Gasteiger partial charge >= 0.3 is 7.82 Å². The third-order valence-electron chi connectivity index (χ3n) is 6.25. The number of phosphoric ester groups is 1. The lowest BCUT2D eigenvalue weighted by atomic mass is 10.1. The van der Waals surface area contributed by atoms with Gasteiger partial charge in [-0.25, -0.2) is 4.57 Å². The number of hydrogen-bond acceptors (Lipinski definition) is 8. The number of phosphoric acid groups is 1. The molecule has 0 saturated carbocycles.